The van der Waals surface area contributed by atoms with Gasteiger partial charge in [-0.3, -0.25) is 0 Å². The van der Waals surface area contributed by atoms with E-state index in [1.807, 2.05) is 62.5 Å². The first-order valence-corrected chi connectivity index (χ1v) is 14.3. The van der Waals surface area contributed by atoms with Crippen LogP contribution in [0.25, 0.3) is 22.0 Å². The van der Waals surface area contributed by atoms with Crippen molar-refractivity contribution in [2.24, 2.45) is 0 Å². The van der Waals surface area contributed by atoms with E-state index in [1.54, 1.807) is 12.1 Å². The van der Waals surface area contributed by atoms with E-state index < -0.39 is 17.3 Å². The van der Waals surface area contributed by atoms with Gasteiger partial charge < -0.3 is 29.4 Å². The Labute approximate surface area is 239 Å². The van der Waals surface area contributed by atoms with Gasteiger partial charge in [-0.05, 0) is 66.1 Å². The number of ether oxygens (including phenoxy) is 3. The summed E-state index contributed by atoms with van der Waals surface area (Å²) in [6.45, 7) is 4.69. The van der Waals surface area contributed by atoms with Crippen molar-refractivity contribution >= 4 is 10.9 Å². The number of aliphatic hydroxyl groups excluding tert-OH is 1. The lowest BCUT2D eigenvalue weighted by molar-refractivity contribution is -0.150. The summed E-state index contributed by atoms with van der Waals surface area (Å²) in [5.74, 6) is 1.18. The number of H-pyrrole nitrogens is 1. The van der Waals surface area contributed by atoms with Crippen molar-refractivity contribution < 1.29 is 24.4 Å². The quantitative estimate of drug-likeness (QED) is 0.212. The minimum atomic E-state index is -1.76. The Balaban J connectivity index is 1.42. The van der Waals surface area contributed by atoms with Gasteiger partial charge in [0.05, 0.1) is 24.9 Å². The Kier molecular flexibility index (Phi) is 6.07. The fraction of sp³-hybridized carbons (Fsp3) is 0.257. The third-order valence-electron chi connectivity index (χ3n) is 8.70. The van der Waals surface area contributed by atoms with E-state index in [9.17, 15) is 10.2 Å². The van der Waals surface area contributed by atoms with Gasteiger partial charge in [-0.1, -0.05) is 60.7 Å². The average molecular weight is 548 g/mol. The van der Waals surface area contributed by atoms with Crippen LogP contribution >= 0.6 is 0 Å². The highest BCUT2D eigenvalue weighted by Crippen LogP contribution is 2.68. The zero-order valence-corrected chi connectivity index (χ0v) is 23.1. The SMILES string of the molecule is CCOc1cc(OCC)c2c(c1)O[C@@]1(c3ccc(-c4ccc5[nH]ccc5c4)cc3)[C@H](c3ccccc3)C[C@@H](O)[C@@]21O. The van der Waals surface area contributed by atoms with E-state index in [1.165, 1.54) is 0 Å². The van der Waals surface area contributed by atoms with Crippen molar-refractivity contribution in [1.29, 1.82) is 0 Å². The highest BCUT2D eigenvalue weighted by atomic mass is 16.5. The van der Waals surface area contributed by atoms with Crippen molar-refractivity contribution in [2.75, 3.05) is 13.2 Å². The monoisotopic (exact) mass is 547 g/mol. The number of hydrogen-bond donors (Lipinski definition) is 3. The van der Waals surface area contributed by atoms with Crippen molar-refractivity contribution in [2.45, 2.75) is 43.5 Å². The molecule has 41 heavy (non-hydrogen) atoms. The highest BCUT2D eigenvalue weighted by molar-refractivity contribution is 5.85. The van der Waals surface area contributed by atoms with Gasteiger partial charge in [0.2, 0.25) is 0 Å². The standard InChI is InChI=1S/C35H33NO5/c1-3-39-27-19-30(40-4-2)33-31(20-27)41-35(28(21-32(37)34(33,35)38)23-8-6-5-7-9-23)26-13-10-22(11-14-26)24-12-15-29-25(18-24)16-17-36-29/h5-20,28,32,36-38H,3-4,21H2,1-2H3/t28-,32+,34+,35-/m0/s1. The van der Waals surface area contributed by atoms with Crippen LogP contribution in [0, 0.1) is 0 Å². The van der Waals surface area contributed by atoms with Gasteiger partial charge in [-0.2, -0.15) is 0 Å². The van der Waals surface area contributed by atoms with E-state index in [2.05, 4.69) is 41.4 Å². The van der Waals surface area contributed by atoms with E-state index in [-0.39, 0.29) is 5.92 Å². The predicted molar refractivity (Wildman–Crippen MR) is 159 cm³/mol. The van der Waals surface area contributed by atoms with Crippen LogP contribution in [0.1, 0.15) is 42.9 Å². The smallest absolute Gasteiger partial charge is 0.176 e. The summed E-state index contributed by atoms with van der Waals surface area (Å²) in [4.78, 5) is 3.24. The Morgan fingerprint density at radius 3 is 2.39 bits per heavy atom. The Hall–Kier alpha value is -4.26. The molecule has 0 unspecified atom stereocenters. The summed E-state index contributed by atoms with van der Waals surface area (Å²) in [7, 11) is 0. The summed E-state index contributed by atoms with van der Waals surface area (Å²) >= 11 is 0. The Morgan fingerprint density at radius 2 is 1.63 bits per heavy atom. The highest BCUT2D eigenvalue weighted by Gasteiger charge is 2.73. The average Bonchev–Trinajstić information content (AvgIpc) is 3.63. The molecule has 0 bridgehead atoms. The number of aromatic amines is 1. The first kappa shape index (κ1) is 25.7. The van der Waals surface area contributed by atoms with Gasteiger partial charge in [0, 0.05) is 29.8 Å². The molecule has 3 N–H and O–H groups in total. The van der Waals surface area contributed by atoms with Gasteiger partial charge >= 0.3 is 0 Å². The molecule has 0 radical (unpaired) electrons. The molecule has 6 heteroatoms. The largest absolute Gasteiger partial charge is 0.494 e. The first-order chi connectivity index (χ1) is 20.0. The van der Waals surface area contributed by atoms with Gasteiger partial charge in [0.15, 0.2) is 11.2 Å². The van der Waals surface area contributed by atoms with Crippen LogP contribution in [-0.2, 0) is 11.2 Å². The van der Waals surface area contributed by atoms with E-state index in [4.69, 9.17) is 14.2 Å². The first-order valence-electron chi connectivity index (χ1n) is 14.3. The van der Waals surface area contributed by atoms with E-state index in [0.29, 0.717) is 42.4 Å². The molecule has 1 aliphatic heterocycles. The summed E-state index contributed by atoms with van der Waals surface area (Å²) < 4.78 is 18.8. The molecule has 4 atom stereocenters. The number of aliphatic hydroxyl groups is 2. The van der Waals surface area contributed by atoms with Crippen LogP contribution in [0.5, 0.6) is 17.2 Å². The maximum absolute atomic E-state index is 12.8. The topological polar surface area (TPSA) is 83.9 Å². The summed E-state index contributed by atoms with van der Waals surface area (Å²) in [5, 5.41) is 25.7. The zero-order valence-electron chi connectivity index (χ0n) is 23.1. The van der Waals surface area contributed by atoms with Crippen LogP contribution in [-0.4, -0.2) is 34.5 Å². The fourth-order valence-electron chi connectivity index (χ4n) is 6.97. The van der Waals surface area contributed by atoms with Gasteiger partial charge in [-0.15, -0.1) is 0 Å². The van der Waals surface area contributed by atoms with Crippen LogP contribution in [0.3, 0.4) is 0 Å². The minimum absolute atomic E-state index is 0.324. The number of hydrogen-bond acceptors (Lipinski definition) is 5. The number of aromatic nitrogens is 1. The third-order valence-corrected chi connectivity index (χ3v) is 8.70. The van der Waals surface area contributed by atoms with Crippen molar-refractivity contribution in [1.82, 2.24) is 4.98 Å². The van der Waals surface area contributed by atoms with Crippen LogP contribution in [0.2, 0.25) is 0 Å². The second-order valence-electron chi connectivity index (χ2n) is 10.8. The number of fused-ring (bicyclic) bond motifs is 4. The number of benzene rings is 4. The second-order valence-corrected chi connectivity index (χ2v) is 10.8. The summed E-state index contributed by atoms with van der Waals surface area (Å²) in [6.07, 6.45) is 1.17. The van der Waals surface area contributed by atoms with E-state index >= 15 is 0 Å². The molecule has 0 spiro atoms. The Morgan fingerprint density at radius 1 is 0.878 bits per heavy atom. The molecule has 0 amide bonds. The maximum Gasteiger partial charge on any atom is 0.176 e. The van der Waals surface area contributed by atoms with Crippen molar-refractivity contribution in [3.63, 3.8) is 0 Å². The van der Waals surface area contributed by atoms with Crippen LogP contribution in [0.15, 0.2) is 97.2 Å². The van der Waals surface area contributed by atoms with Crippen LogP contribution in [0.4, 0.5) is 0 Å². The second kappa shape index (κ2) is 9.68. The molecule has 208 valence electrons. The number of nitrogens with one attached hydrogen (secondary N) is 1. The predicted octanol–water partition coefficient (Wildman–Crippen LogP) is 6.66. The zero-order chi connectivity index (χ0) is 28.2. The summed E-state index contributed by atoms with van der Waals surface area (Å²) in [5.41, 5.74) is 2.42. The maximum atomic E-state index is 12.8. The van der Waals surface area contributed by atoms with Crippen LogP contribution < -0.4 is 14.2 Å². The minimum Gasteiger partial charge on any atom is -0.494 e. The normalized spacial score (nSPS) is 24.6. The lowest BCUT2D eigenvalue weighted by Crippen LogP contribution is -2.52. The molecule has 2 aliphatic rings. The Bertz CT molecular complexity index is 1710. The van der Waals surface area contributed by atoms with Gasteiger partial charge in [-0.25, -0.2) is 0 Å². The molecule has 7 rings (SSSR count). The molecule has 1 saturated carbocycles. The van der Waals surface area contributed by atoms with Crippen molar-refractivity contribution in [3.05, 3.63) is 114 Å². The van der Waals surface area contributed by atoms with Crippen molar-refractivity contribution in [3.8, 4) is 28.4 Å². The molecular formula is C35H33NO5. The summed E-state index contributed by atoms with van der Waals surface area (Å²) in [6, 6.07) is 30.1. The number of rotatable bonds is 7. The van der Waals surface area contributed by atoms with Gasteiger partial charge in [0.25, 0.3) is 0 Å². The lowest BCUT2D eigenvalue weighted by Gasteiger charge is -2.41. The fourth-order valence-corrected chi connectivity index (χ4v) is 6.97. The molecule has 6 nitrogen and oxygen atoms in total. The molecule has 1 fully saturated rings. The molecule has 4 aromatic carbocycles. The molecule has 0 saturated heterocycles. The van der Waals surface area contributed by atoms with E-state index in [0.717, 1.165) is 33.2 Å². The third kappa shape index (κ3) is 3.71. The van der Waals surface area contributed by atoms with Gasteiger partial charge in [0.1, 0.15) is 17.2 Å². The lowest BCUT2D eigenvalue weighted by atomic mass is 9.71. The molecule has 1 aromatic heterocycles. The molecular weight excluding hydrogens is 514 g/mol. The molecule has 2 heterocycles. The molecule has 5 aromatic rings. The molecule has 1 aliphatic carbocycles.